The molecule has 5 rings (SSSR count). The van der Waals surface area contributed by atoms with Crippen molar-refractivity contribution < 1.29 is 19.1 Å². The van der Waals surface area contributed by atoms with Gasteiger partial charge in [-0.05, 0) is 47.4 Å². The van der Waals surface area contributed by atoms with E-state index in [4.69, 9.17) is 9.47 Å². The quantitative estimate of drug-likeness (QED) is 0.193. The number of carbonyl (C=O) groups is 2. The zero-order chi connectivity index (χ0) is 30.0. The summed E-state index contributed by atoms with van der Waals surface area (Å²) < 4.78 is 10.4. The van der Waals surface area contributed by atoms with Gasteiger partial charge in [0.05, 0.1) is 11.3 Å². The molecule has 0 atom stereocenters. The lowest BCUT2D eigenvalue weighted by Crippen LogP contribution is -2.46. The van der Waals surface area contributed by atoms with E-state index in [0.29, 0.717) is 23.8 Å². The Labute approximate surface area is 251 Å². The Morgan fingerprint density at radius 2 is 1.53 bits per heavy atom. The van der Waals surface area contributed by atoms with Crippen molar-refractivity contribution >= 4 is 18.0 Å². The molecule has 220 valence electrons. The van der Waals surface area contributed by atoms with Crippen molar-refractivity contribution in [2.45, 2.75) is 26.6 Å². The maximum atomic E-state index is 12.4. The zero-order valence-corrected chi connectivity index (χ0v) is 24.2. The fourth-order valence-corrected chi connectivity index (χ4v) is 4.78. The van der Waals surface area contributed by atoms with Gasteiger partial charge in [-0.3, -0.25) is 4.90 Å². The van der Waals surface area contributed by atoms with Crippen molar-refractivity contribution in [1.29, 1.82) is 0 Å². The Bertz CT molecular complexity index is 1530. The van der Waals surface area contributed by atoms with E-state index in [1.807, 2.05) is 91.3 Å². The summed E-state index contributed by atoms with van der Waals surface area (Å²) in [5.74, 6) is 0.734. The van der Waals surface area contributed by atoms with E-state index in [1.165, 1.54) is 0 Å². The summed E-state index contributed by atoms with van der Waals surface area (Å²) in [6.07, 6.45) is 3.15. The Kier molecular flexibility index (Phi) is 9.76. The monoisotopic (exact) mass is 577 g/mol. The van der Waals surface area contributed by atoms with Gasteiger partial charge >= 0.3 is 12.1 Å². The maximum Gasteiger partial charge on any atom is 0.412 e. The predicted octanol–water partition coefficient (Wildman–Crippen LogP) is 5.58. The summed E-state index contributed by atoms with van der Waals surface area (Å²) in [5, 5.41) is 2.71. The molecule has 1 saturated heterocycles. The van der Waals surface area contributed by atoms with Crippen molar-refractivity contribution in [2.75, 3.05) is 31.1 Å². The highest BCUT2D eigenvalue weighted by molar-refractivity contribution is 5.89. The molecule has 0 radical (unpaired) electrons. The number of rotatable bonds is 10. The molecule has 1 aromatic heterocycles. The number of benzene rings is 3. The summed E-state index contributed by atoms with van der Waals surface area (Å²) in [7, 11) is 0. The van der Waals surface area contributed by atoms with Crippen molar-refractivity contribution in [3.05, 3.63) is 126 Å². The van der Waals surface area contributed by atoms with Crippen LogP contribution in [0.4, 0.5) is 10.7 Å². The number of hydrogen-bond donors (Lipinski definition) is 1. The molecule has 1 aliphatic rings. The third-order valence-electron chi connectivity index (χ3n) is 7.07. The van der Waals surface area contributed by atoms with Crippen LogP contribution < -0.4 is 10.2 Å². The van der Waals surface area contributed by atoms with E-state index in [9.17, 15) is 9.59 Å². The molecular formula is C34H35N5O4. The second kappa shape index (κ2) is 14.2. The number of carbonyl (C=O) groups excluding carboxylic acids is 2. The summed E-state index contributed by atoms with van der Waals surface area (Å²) in [6, 6.07) is 25.2. The van der Waals surface area contributed by atoms with Gasteiger partial charge in [0.15, 0.2) is 0 Å². The smallest absolute Gasteiger partial charge is 0.412 e. The minimum atomic E-state index is -0.527. The molecule has 1 fully saturated rings. The Balaban J connectivity index is 1.08. The summed E-state index contributed by atoms with van der Waals surface area (Å²) in [6.45, 7) is 10.0. The first-order valence-electron chi connectivity index (χ1n) is 14.2. The van der Waals surface area contributed by atoms with Gasteiger partial charge in [0, 0.05) is 57.2 Å². The van der Waals surface area contributed by atoms with Gasteiger partial charge in [-0.1, -0.05) is 67.2 Å². The average molecular weight is 578 g/mol. The third-order valence-corrected chi connectivity index (χ3v) is 7.07. The highest BCUT2D eigenvalue weighted by Crippen LogP contribution is 2.21. The van der Waals surface area contributed by atoms with Crippen LogP contribution in [0.3, 0.4) is 0 Å². The number of piperazine rings is 1. The first kappa shape index (κ1) is 29.5. The maximum absolute atomic E-state index is 12.4. The Hall–Kier alpha value is -5.02. The van der Waals surface area contributed by atoms with Gasteiger partial charge in [-0.2, -0.15) is 0 Å². The van der Waals surface area contributed by atoms with Crippen molar-refractivity contribution in [3.8, 4) is 11.1 Å². The molecule has 0 bridgehead atoms. The predicted molar refractivity (Wildman–Crippen MR) is 165 cm³/mol. The number of aromatic nitrogens is 2. The Morgan fingerprint density at radius 1 is 0.837 bits per heavy atom. The first-order valence-corrected chi connectivity index (χ1v) is 14.2. The normalized spacial score (nSPS) is 13.3. The molecule has 0 saturated carbocycles. The largest absolute Gasteiger partial charge is 0.457 e. The molecule has 43 heavy (non-hydrogen) atoms. The standard InChI is InChI=1S/C34H35N5O4/c1-25(2)43-34(41)37-20-28-9-6-10-30(19-28)31-21-35-33(36-22-31)39-17-15-38(16-18-39)23-26-11-13-29(14-12-26)32(40)42-24-27-7-4-3-5-8-27/h3-14,19,21-22H,1,15-18,20,23-24H2,2H3,(H,37,41). The lowest BCUT2D eigenvalue weighted by Gasteiger charge is -2.34. The van der Waals surface area contributed by atoms with Gasteiger partial charge < -0.3 is 19.7 Å². The van der Waals surface area contributed by atoms with E-state index in [2.05, 4.69) is 31.7 Å². The van der Waals surface area contributed by atoms with Crippen LogP contribution in [-0.2, 0) is 29.2 Å². The highest BCUT2D eigenvalue weighted by Gasteiger charge is 2.19. The molecule has 2 heterocycles. The molecule has 9 nitrogen and oxygen atoms in total. The topological polar surface area (TPSA) is 96.9 Å². The number of alkyl carbamates (subject to hydrolysis) is 1. The molecule has 1 N–H and O–H groups in total. The van der Waals surface area contributed by atoms with Crippen molar-refractivity contribution in [3.63, 3.8) is 0 Å². The zero-order valence-electron chi connectivity index (χ0n) is 24.2. The summed E-state index contributed by atoms with van der Waals surface area (Å²) in [5.41, 5.74) is 5.48. The fraction of sp³-hybridized carbons (Fsp3) is 0.235. The van der Waals surface area contributed by atoms with Gasteiger partial charge in [0.1, 0.15) is 6.61 Å². The van der Waals surface area contributed by atoms with E-state index >= 15 is 0 Å². The minimum Gasteiger partial charge on any atom is -0.457 e. The number of allylic oxidation sites excluding steroid dienone is 1. The van der Waals surface area contributed by atoms with Crippen LogP contribution >= 0.6 is 0 Å². The first-order chi connectivity index (χ1) is 20.9. The van der Waals surface area contributed by atoms with Gasteiger partial charge in [0.25, 0.3) is 0 Å². The second-order valence-corrected chi connectivity index (χ2v) is 10.4. The molecular weight excluding hydrogens is 542 g/mol. The van der Waals surface area contributed by atoms with Gasteiger partial charge in [-0.25, -0.2) is 19.6 Å². The number of anilines is 1. The number of nitrogens with zero attached hydrogens (tertiary/aromatic N) is 4. The van der Waals surface area contributed by atoms with Crippen LogP contribution in [-0.4, -0.2) is 53.1 Å². The van der Waals surface area contributed by atoms with Crippen LogP contribution in [0.1, 0.15) is 34.0 Å². The van der Waals surface area contributed by atoms with Crippen molar-refractivity contribution in [1.82, 2.24) is 20.2 Å². The van der Waals surface area contributed by atoms with Gasteiger partial charge in [-0.15, -0.1) is 0 Å². The number of hydrogen-bond acceptors (Lipinski definition) is 8. The number of nitrogens with one attached hydrogen (secondary N) is 1. The van der Waals surface area contributed by atoms with E-state index in [1.54, 1.807) is 6.92 Å². The number of amides is 1. The second-order valence-electron chi connectivity index (χ2n) is 10.4. The van der Waals surface area contributed by atoms with Crippen molar-refractivity contribution in [2.24, 2.45) is 0 Å². The van der Waals surface area contributed by atoms with E-state index in [-0.39, 0.29) is 12.6 Å². The molecule has 0 unspecified atom stereocenters. The van der Waals surface area contributed by atoms with Crippen LogP contribution in [0.15, 0.2) is 104 Å². The summed E-state index contributed by atoms with van der Waals surface area (Å²) >= 11 is 0. The SMILES string of the molecule is C=C(C)OC(=O)NCc1cccc(-c2cnc(N3CCN(Cc4ccc(C(=O)OCc5ccccc5)cc4)CC3)nc2)c1. The molecule has 4 aromatic rings. The molecule has 1 aliphatic heterocycles. The van der Waals surface area contributed by atoms with Gasteiger partial charge in [0.2, 0.25) is 5.95 Å². The van der Waals surface area contributed by atoms with Crippen LogP contribution in [0, 0.1) is 0 Å². The average Bonchev–Trinajstić information content (AvgIpc) is 3.04. The highest BCUT2D eigenvalue weighted by atomic mass is 16.6. The van der Waals surface area contributed by atoms with E-state index < -0.39 is 6.09 Å². The lowest BCUT2D eigenvalue weighted by atomic mass is 10.1. The van der Waals surface area contributed by atoms with Crippen LogP contribution in [0.25, 0.3) is 11.1 Å². The molecule has 1 amide bonds. The fourth-order valence-electron chi connectivity index (χ4n) is 4.78. The molecule has 0 aliphatic carbocycles. The van der Waals surface area contributed by atoms with Crippen LogP contribution in [0.2, 0.25) is 0 Å². The number of ether oxygens (including phenoxy) is 2. The van der Waals surface area contributed by atoms with E-state index in [0.717, 1.165) is 60.5 Å². The molecule has 3 aromatic carbocycles. The van der Waals surface area contributed by atoms with Crippen LogP contribution in [0.5, 0.6) is 0 Å². The Morgan fingerprint density at radius 3 is 2.23 bits per heavy atom. The molecule has 9 heteroatoms. The number of esters is 1. The lowest BCUT2D eigenvalue weighted by molar-refractivity contribution is 0.0472. The summed E-state index contributed by atoms with van der Waals surface area (Å²) in [4.78, 5) is 38.0. The third kappa shape index (κ3) is 8.50. The molecule has 0 spiro atoms. The minimum absolute atomic E-state index is 0.263.